The van der Waals surface area contributed by atoms with Gasteiger partial charge in [0, 0.05) is 5.54 Å². The molecule has 0 saturated carbocycles. The van der Waals surface area contributed by atoms with Gasteiger partial charge < -0.3 is 5.73 Å². The van der Waals surface area contributed by atoms with Crippen molar-refractivity contribution < 1.29 is 0 Å². The van der Waals surface area contributed by atoms with Gasteiger partial charge in [-0.25, -0.2) is 0 Å². The molecule has 1 nitrogen and oxygen atoms in total. The molecule has 2 rings (SSSR count). The van der Waals surface area contributed by atoms with Crippen molar-refractivity contribution in [3.63, 3.8) is 0 Å². The molecule has 2 N–H and O–H groups in total. The van der Waals surface area contributed by atoms with E-state index in [1.165, 1.54) is 33.4 Å². The fourth-order valence-electron chi connectivity index (χ4n) is 3.04. The Morgan fingerprint density at radius 2 is 1.45 bits per heavy atom. The van der Waals surface area contributed by atoms with Crippen molar-refractivity contribution in [3.05, 3.63) is 69.8 Å². The maximum Gasteiger partial charge on any atom is 0.0424 e. The molecule has 1 heteroatoms. The topological polar surface area (TPSA) is 26.0 Å². The SMILES string of the molecule is Cc1cc(C)cc(CC(C)(N)c2cc(C)ccc2C)c1. The molecule has 2 aromatic carbocycles. The Morgan fingerprint density at radius 1 is 0.850 bits per heavy atom. The molecular formula is C19H25N. The summed E-state index contributed by atoms with van der Waals surface area (Å²) in [6, 6.07) is 13.2. The molecule has 0 saturated heterocycles. The third-order valence-electron chi connectivity index (χ3n) is 3.86. The van der Waals surface area contributed by atoms with E-state index in [9.17, 15) is 0 Å². The molecule has 20 heavy (non-hydrogen) atoms. The van der Waals surface area contributed by atoms with Gasteiger partial charge in [-0.05, 0) is 57.7 Å². The normalized spacial score (nSPS) is 14.1. The van der Waals surface area contributed by atoms with Gasteiger partial charge in [0.05, 0.1) is 0 Å². The Labute approximate surface area is 122 Å². The Bertz CT molecular complexity index is 603. The average Bonchev–Trinajstić information content (AvgIpc) is 2.30. The predicted octanol–water partition coefficient (Wildman–Crippen LogP) is 4.34. The maximum atomic E-state index is 6.64. The highest BCUT2D eigenvalue weighted by molar-refractivity contribution is 5.38. The van der Waals surface area contributed by atoms with Crippen LogP contribution in [0.1, 0.15) is 40.3 Å². The summed E-state index contributed by atoms with van der Waals surface area (Å²) in [7, 11) is 0. The Balaban J connectivity index is 2.37. The van der Waals surface area contributed by atoms with Gasteiger partial charge in [0.15, 0.2) is 0 Å². The molecule has 1 atom stereocenters. The molecule has 0 spiro atoms. The van der Waals surface area contributed by atoms with Crippen LogP contribution in [-0.4, -0.2) is 0 Å². The number of hydrogen-bond donors (Lipinski definition) is 1. The monoisotopic (exact) mass is 267 g/mol. The van der Waals surface area contributed by atoms with Gasteiger partial charge in [-0.1, -0.05) is 53.1 Å². The molecule has 0 bridgehead atoms. The zero-order chi connectivity index (χ0) is 14.9. The third kappa shape index (κ3) is 3.29. The Hall–Kier alpha value is -1.60. The average molecular weight is 267 g/mol. The summed E-state index contributed by atoms with van der Waals surface area (Å²) in [5.74, 6) is 0. The van der Waals surface area contributed by atoms with E-state index in [-0.39, 0.29) is 5.54 Å². The van der Waals surface area contributed by atoms with Crippen molar-refractivity contribution in [2.75, 3.05) is 0 Å². The van der Waals surface area contributed by atoms with Crippen LogP contribution in [0.25, 0.3) is 0 Å². The van der Waals surface area contributed by atoms with Crippen molar-refractivity contribution in [1.29, 1.82) is 0 Å². The highest BCUT2D eigenvalue weighted by atomic mass is 14.7. The van der Waals surface area contributed by atoms with Crippen LogP contribution < -0.4 is 5.73 Å². The molecule has 2 aromatic rings. The van der Waals surface area contributed by atoms with Crippen LogP contribution in [0.4, 0.5) is 0 Å². The lowest BCUT2D eigenvalue weighted by atomic mass is 9.83. The molecule has 0 amide bonds. The van der Waals surface area contributed by atoms with Crippen LogP contribution in [0.5, 0.6) is 0 Å². The van der Waals surface area contributed by atoms with E-state index >= 15 is 0 Å². The number of hydrogen-bond acceptors (Lipinski definition) is 1. The zero-order valence-electron chi connectivity index (χ0n) is 13.2. The molecule has 0 aromatic heterocycles. The summed E-state index contributed by atoms with van der Waals surface area (Å²) in [6.07, 6.45) is 0.861. The smallest absolute Gasteiger partial charge is 0.0424 e. The third-order valence-corrected chi connectivity index (χ3v) is 3.86. The first-order chi connectivity index (χ1) is 9.28. The molecule has 1 unspecified atom stereocenters. The van der Waals surface area contributed by atoms with E-state index in [2.05, 4.69) is 71.0 Å². The first-order valence-corrected chi connectivity index (χ1v) is 7.22. The van der Waals surface area contributed by atoms with Crippen LogP contribution in [0.2, 0.25) is 0 Å². The molecule has 106 valence electrons. The van der Waals surface area contributed by atoms with Crippen molar-refractivity contribution in [2.45, 2.75) is 46.6 Å². The minimum atomic E-state index is -0.337. The number of aryl methyl sites for hydroxylation is 4. The molecule has 0 fully saturated rings. The molecular weight excluding hydrogens is 242 g/mol. The standard InChI is InChI=1S/C19H25N/c1-13-6-7-16(4)18(11-13)19(5,20)12-17-9-14(2)8-15(3)10-17/h6-11H,12,20H2,1-5H3. The van der Waals surface area contributed by atoms with E-state index in [0.29, 0.717) is 0 Å². The minimum Gasteiger partial charge on any atom is -0.321 e. The van der Waals surface area contributed by atoms with Gasteiger partial charge in [0.25, 0.3) is 0 Å². The fraction of sp³-hybridized carbons (Fsp3) is 0.368. The van der Waals surface area contributed by atoms with E-state index < -0.39 is 0 Å². The van der Waals surface area contributed by atoms with Gasteiger partial charge in [0.1, 0.15) is 0 Å². The quantitative estimate of drug-likeness (QED) is 0.879. The van der Waals surface area contributed by atoms with Gasteiger partial charge in [-0.3, -0.25) is 0 Å². The van der Waals surface area contributed by atoms with E-state index in [1.807, 2.05) is 0 Å². The number of rotatable bonds is 3. The summed E-state index contributed by atoms with van der Waals surface area (Å²) >= 11 is 0. The second-order valence-electron chi connectivity index (χ2n) is 6.41. The van der Waals surface area contributed by atoms with E-state index in [1.54, 1.807) is 0 Å². The Kier molecular flexibility index (Phi) is 4.01. The first kappa shape index (κ1) is 14.8. The highest BCUT2D eigenvalue weighted by Gasteiger charge is 2.23. The fourth-order valence-corrected chi connectivity index (χ4v) is 3.04. The van der Waals surface area contributed by atoms with Crippen molar-refractivity contribution in [2.24, 2.45) is 5.73 Å². The maximum absolute atomic E-state index is 6.64. The van der Waals surface area contributed by atoms with E-state index in [4.69, 9.17) is 5.73 Å². The summed E-state index contributed by atoms with van der Waals surface area (Å²) in [6.45, 7) is 10.7. The largest absolute Gasteiger partial charge is 0.321 e. The lowest BCUT2D eigenvalue weighted by Gasteiger charge is -2.28. The summed E-state index contributed by atoms with van der Waals surface area (Å²) in [4.78, 5) is 0. The number of nitrogens with two attached hydrogens (primary N) is 1. The molecule has 0 radical (unpaired) electrons. The summed E-state index contributed by atoms with van der Waals surface area (Å²) < 4.78 is 0. The number of benzene rings is 2. The lowest BCUT2D eigenvalue weighted by molar-refractivity contribution is 0.488. The summed E-state index contributed by atoms with van der Waals surface area (Å²) in [5.41, 5.74) is 14.0. The summed E-state index contributed by atoms with van der Waals surface area (Å²) in [5, 5.41) is 0. The Morgan fingerprint density at radius 3 is 2.05 bits per heavy atom. The second-order valence-corrected chi connectivity index (χ2v) is 6.41. The molecule has 0 heterocycles. The van der Waals surface area contributed by atoms with Crippen LogP contribution in [-0.2, 0) is 12.0 Å². The molecule has 0 aliphatic rings. The second kappa shape index (κ2) is 5.41. The predicted molar refractivity (Wildman–Crippen MR) is 87.1 cm³/mol. The van der Waals surface area contributed by atoms with Gasteiger partial charge in [-0.15, -0.1) is 0 Å². The van der Waals surface area contributed by atoms with Crippen LogP contribution in [0.15, 0.2) is 36.4 Å². The molecule has 0 aliphatic carbocycles. The van der Waals surface area contributed by atoms with Gasteiger partial charge >= 0.3 is 0 Å². The lowest BCUT2D eigenvalue weighted by Crippen LogP contribution is -2.36. The van der Waals surface area contributed by atoms with Crippen molar-refractivity contribution in [3.8, 4) is 0 Å². The molecule has 0 aliphatic heterocycles. The van der Waals surface area contributed by atoms with Crippen LogP contribution in [0.3, 0.4) is 0 Å². The highest BCUT2D eigenvalue weighted by Crippen LogP contribution is 2.27. The van der Waals surface area contributed by atoms with Crippen LogP contribution in [0, 0.1) is 27.7 Å². The van der Waals surface area contributed by atoms with Crippen LogP contribution >= 0.6 is 0 Å². The van der Waals surface area contributed by atoms with Gasteiger partial charge in [0.2, 0.25) is 0 Å². The first-order valence-electron chi connectivity index (χ1n) is 7.22. The van der Waals surface area contributed by atoms with Gasteiger partial charge in [-0.2, -0.15) is 0 Å². The minimum absolute atomic E-state index is 0.337. The van der Waals surface area contributed by atoms with Crippen molar-refractivity contribution in [1.82, 2.24) is 0 Å². The zero-order valence-corrected chi connectivity index (χ0v) is 13.2. The van der Waals surface area contributed by atoms with Crippen molar-refractivity contribution >= 4 is 0 Å². The van der Waals surface area contributed by atoms with E-state index in [0.717, 1.165) is 6.42 Å².